The number of aliphatic hydroxyl groups excluding tert-OH is 1. The number of phosphoric acid groups is 2. The van der Waals surface area contributed by atoms with Crippen LogP contribution in [-0.4, -0.2) is 96.7 Å². The number of aliphatic hydroxyl groups is 1. The van der Waals surface area contributed by atoms with Crippen LogP contribution in [0.4, 0.5) is 0 Å². The molecule has 0 saturated carbocycles. The smallest absolute Gasteiger partial charge is 0.462 e. The van der Waals surface area contributed by atoms with Gasteiger partial charge in [0, 0.05) is 25.7 Å². The Kier molecular flexibility index (Phi) is 65.9. The summed E-state index contributed by atoms with van der Waals surface area (Å²) >= 11 is 0. The first-order chi connectivity index (χ1) is 45.0. The van der Waals surface area contributed by atoms with E-state index >= 15 is 0 Å². The largest absolute Gasteiger partial charge is 0.472 e. The quantitative estimate of drug-likeness (QED) is 0.0222. The van der Waals surface area contributed by atoms with Crippen molar-refractivity contribution in [3.63, 3.8) is 0 Å². The van der Waals surface area contributed by atoms with Crippen molar-refractivity contribution in [1.29, 1.82) is 0 Å². The Morgan fingerprint density at radius 3 is 0.731 bits per heavy atom. The van der Waals surface area contributed by atoms with Crippen molar-refractivity contribution >= 4 is 39.5 Å². The van der Waals surface area contributed by atoms with Crippen LogP contribution >= 0.6 is 15.6 Å². The number of rotatable bonds is 74. The maximum absolute atomic E-state index is 13.1. The summed E-state index contributed by atoms with van der Waals surface area (Å²) in [6.07, 6.45) is 55.5. The van der Waals surface area contributed by atoms with E-state index in [-0.39, 0.29) is 25.7 Å². The molecule has 552 valence electrons. The van der Waals surface area contributed by atoms with Gasteiger partial charge in [0.05, 0.1) is 26.4 Å². The average molecular weight is 1370 g/mol. The predicted octanol–water partition coefficient (Wildman–Crippen LogP) is 21.7. The highest BCUT2D eigenvalue weighted by Gasteiger charge is 2.30. The fourth-order valence-electron chi connectivity index (χ4n) is 11.4. The van der Waals surface area contributed by atoms with Gasteiger partial charge in [-0.25, -0.2) is 9.13 Å². The predicted molar refractivity (Wildman–Crippen MR) is 377 cm³/mol. The molecule has 0 amide bonds. The van der Waals surface area contributed by atoms with Crippen molar-refractivity contribution in [2.45, 2.75) is 406 Å². The van der Waals surface area contributed by atoms with Crippen LogP contribution in [0.2, 0.25) is 0 Å². The number of carbonyl (C=O) groups is 4. The minimum absolute atomic E-state index is 0.107. The standard InChI is InChI=1S/C74H144O17P2/c1-6-9-12-15-18-21-23-24-25-26-27-28-33-36-40-45-50-55-60-74(79)91-70(64-85-72(77)58-53-48-43-39-35-32-30-29-31-34-37-41-46-51-56-67(4)5)66-89-93(82,83)87-62-68(75)61-86-92(80,81)88-65-69(63-84-71(76)57-52-47-42-20-17-14-11-8-3)90-73(78)59-54-49-44-38-22-19-16-13-10-7-2/h67-70,75H,6-66H2,1-5H3,(H,80,81)(H,82,83)/t68-,69+,70+/m0/s1. The maximum Gasteiger partial charge on any atom is 0.472 e. The van der Waals surface area contributed by atoms with Gasteiger partial charge in [-0.15, -0.1) is 0 Å². The lowest BCUT2D eigenvalue weighted by Crippen LogP contribution is -2.30. The molecule has 0 aromatic rings. The average Bonchev–Trinajstić information content (AvgIpc) is 2.56. The van der Waals surface area contributed by atoms with Crippen molar-refractivity contribution in [2.24, 2.45) is 5.92 Å². The van der Waals surface area contributed by atoms with E-state index in [4.69, 9.17) is 37.0 Å². The molecule has 3 N–H and O–H groups in total. The Balaban J connectivity index is 5.19. The first-order valence-corrected chi connectivity index (χ1v) is 41.6. The number of carbonyl (C=O) groups excluding carboxylic acids is 4. The fourth-order valence-corrected chi connectivity index (χ4v) is 12.9. The van der Waals surface area contributed by atoms with E-state index in [1.165, 1.54) is 205 Å². The number of hydrogen-bond donors (Lipinski definition) is 3. The third-order valence-electron chi connectivity index (χ3n) is 17.3. The van der Waals surface area contributed by atoms with E-state index in [2.05, 4.69) is 34.6 Å². The van der Waals surface area contributed by atoms with E-state index in [1.807, 2.05) is 0 Å². The minimum Gasteiger partial charge on any atom is -0.462 e. The van der Waals surface area contributed by atoms with E-state index in [1.54, 1.807) is 0 Å². The molecule has 2 unspecified atom stereocenters. The zero-order chi connectivity index (χ0) is 68.4. The first-order valence-electron chi connectivity index (χ1n) is 38.6. The van der Waals surface area contributed by atoms with Gasteiger partial charge in [0.25, 0.3) is 0 Å². The van der Waals surface area contributed by atoms with E-state index in [0.29, 0.717) is 25.7 Å². The Hall–Kier alpha value is -1.94. The molecule has 0 heterocycles. The molecule has 0 fully saturated rings. The van der Waals surface area contributed by atoms with E-state index in [0.717, 1.165) is 102 Å². The summed E-state index contributed by atoms with van der Waals surface area (Å²) in [5.41, 5.74) is 0. The van der Waals surface area contributed by atoms with Crippen LogP contribution in [-0.2, 0) is 65.4 Å². The molecule has 0 aliphatic heterocycles. The minimum atomic E-state index is -4.95. The number of hydrogen-bond acceptors (Lipinski definition) is 15. The molecule has 0 bridgehead atoms. The van der Waals surface area contributed by atoms with Crippen LogP contribution in [0.5, 0.6) is 0 Å². The lowest BCUT2D eigenvalue weighted by molar-refractivity contribution is -0.161. The highest BCUT2D eigenvalue weighted by Crippen LogP contribution is 2.45. The van der Waals surface area contributed by atoms with Crippen LogP contribution in [0.3, 0.4) is 0 Å². The lowest BCUT2D eigenvalue weighted by Gasteiger charge is -2.21. The second-order valence-corrected chi connectivity index (χ2v) is 30.1. The molecule has 19 heteroatoms. The third kappa shape index (κ3) is 68.4. The molecule has 93 heavy (non-hydrogen) atoms. The first kappa shape index (κ1) is 91.1. The monoisotopic (exact) mass is 1370 g/mol. The van der Waals surface area contributed by atoms with Gasteiger partial charge in [0.15, 0.2) is 12.2 Å². The molecule has 0 spiro atoms. The van der Waals surface area contributed by atoms with E-state index in [9.17, 15) is 43.2 Å². The summed E-state index contributed by atoms with van der Waals surface area (Å²) in [5.74, 6) is -1.32. The molecule has 5 atom stereocenters. The number of esters is 4. The Bertz CT molecular complexity index is 1790. The Labute approximate surface area is 568 Å². The van der Waals surface area contributed by atoms with Crippen LogP contribution < -0.4 is 0 Å². The highest BCUT2D eigenvalue weighted by molar-refractivity contribution is 7.47. The number of ether oxygens (including phenoxy) is 4. The molecule has 17 nitrogen and oxygen atoms in total. The number of unbranched alkanes of at least 4 members (excludes halogenated alkanes) is 46. The summed E-state index contributed by atoms with van der Waals surface area (Å²) in [6, 6.07) is 0. The maximum atomic E-state index is 13.1. The van der Waals surface area contributed by atoms with Gasteiger partial charge < -0.3 is 33.8 Å². The van der Waals surface area contributed by atoms with Crippen molar-refractivity contribution in [1.82, 2.24) is 0 Å². The summed E-state index contributed by atoms with van der Waals surface area (Å²) in [6.45, 7) is 7.27. The Morgan fingerprint density at radius 2 is 0.495 bits per heavy atom. The second kappa shape index (κ2) is 67.3. The molecule has 0 aliphatic rings. The van der Waals surface area contributed by atoms with Gasteiger partial charge >= 0.3 is 39.5 Å². The molecular weight excluding hydrogens is 1220 g/mol. The summed E-state index contributed by atoms with van der Waals surface area (Å²) in [7, 11) is -9.90. The van der Waals surface area contributed by atoms with Crippen molar-refractivity contribution in [2.75, 3.05) is 39.6 Å². The van der Waals surface area contributed by atoms with Crippen molar-refractivity contribution in [3.8, 4) is 0 Å². The van der Waals surface area contributed by atoms with Crippen LogP contribution in [0.25, 0.3) is 0 Å². The van der Waals surface area contributed by atoms with Gasteiger partial charge in [0.2, 0.25) is 0 Å². The molecule has 0 aliphatic carbocycles. The SMILES string of the molecule is CCCCCCCCCCCCCCCCCCCCC(=O)O[C@H](COC(=O)CCCCCCCCCCCCCCCCC(C)C)COP(=O)(O)OC[C@@H](O)COP(=O)(O)OC[C@@H](COC(=O)CCCCCCCCCC)OC(=O)CCCCCCCCCCCC. The van der Waals surface area contributed by atoms with Crippen LogP contribution in [0, 0.1) is 5.92 Å². The summed E-state index contributed by atoms with van der Waals surface area (Å²) in [4.78, 5) is 72.6. The van der Waals surface area contributed by atoms with Gasteiger partial charge in [-0.05, 0) is 31.6 Å². The van der Waals surface area contributed by atoms with Crippen LogP contribution in [0.15, 0.2) is 0 Å². The van der Waals surface area contributed by atoms with Crippen molar-refractivity contribution < 1.29 is 80.2 Å². The normalized spacial score (nSPS) is 14.0. The van der Waals surface area contributed by atoms with E-state index < -0.39 is 97.5 Å². The molecule has 0 saturated heterocycles. The zero-order valence-electron chi connectivity index (χ0n) is 60.4. The molecule has 0 radical (unpaired) electrons. The lowest BCUT2D eigenvalue weighted by atomic mass is 10.0. The van der Waals surface area contributed by atoms with Crippen LogP contribution in [0.1, 0.15) is 388 Å². The van der Waals surface area contributed by atoms with Gasteiger partial charge in [-0.2, -0.15) is 0 Å². The topological polar surface area (TPSA) is 237 Å². The summed E-state index contributed by atoms with van der Waals surface area (Å²) in [5, 5.41) is 10.6. The molecular formula is C74H144O17P2. The molecule has 0 aromatic carbocycles. The van der Waals surface area contributed by atoms with Crippen molar-refractivity contribution in [3.05, 3.63) is 0 Å². The zero-order valence-corrected chi connectivity index (χ0v) is 62.2. The van der Waals surface area contributed by atoms with Gasteiger partial charge in [-0.3, -0.25) is 37.3 Å². The van der Waals surface area contributed by atoms with Gasteiger partial charge in [0.1, 0.15) is 19.3 Å². The highest BCUT2D eigenvalue weighted by atomic mass is 31.2. The third-order valence-corrected chi connectivity index (χ3v) is 19.2. The fraction of sp³-hybridized carbons (Fsp3) is 0.946. The second-order valence-electron chi connectivity index (χ2n) is 27.2. The summed E-state index contributed by atoms with van der Waals surface area (Å²) < 4.78 is 68.3. The molecule has 0 rings (SSSR count). The molecule has 0 aromatic heterocycles. The van der Waals surface area contributed by atoms with Gasteiger partial charge in [-0.1, -0.05) is 336 Å². The number of phosphoric ester groups is 2. The Morgan fingerprint density at radius 1 is 0.290 bits per heavy atom.